The second-order valence-electron chi connectivity index (χ2n) is 3.90. The van der Waals surface area contributed by atoms with Crippen LogP contribution in [0.1, 0.15) is 27.7 Å². The van der Waals surface area contributed by atoms with Crippen molar-refractivity contribution >= 4 is 35.6 Å². The number of hydrogen-bond donors (Lipinski definition) is 2. The van der Waals surface area contributed by atoms with Crippen molar-refractivity contribution in [2.75, 3.05) is 0 Å². The van der Waals surface area contributed by atoms with Crippen molar-refractivity contribution in [1.82, 2.24) is 0 Å². The van der Waals surface area contributed by atoms with Crippen LogP contribution in [0.4, 0.5) is 0 Å². The van der Waals surface area contributed by atoms with E-state index < -0.39 is 0 Å². The van der Waals surface area contributed by atoms with Crippen LogP contribution in [0.2, 0.25) is 0 Å². The molecule has 0 aliphatic carbocycles. The number of thiocarbonyl (C=S) groups is 1. The second-order valence-corrected chi connectivity index (χ2v) is 5.33. The topological polar surface area (TPSA) is 43.1 Å². The molecular weight excluding hydrogens is 202 g/mol. The van der Waals surface area contributed by atoms with Crippen LogP contribution < -0.4 is 5.73 Å². The van der Waals surface area contributed by atoms with Crippen molar-refractivity contribution in [3.8, 4) is 0 Å². The first kappa shape index (κ1) is 12.9. The van der Waals surface area contributed by atoms with Gasteiger partial charge in [0.15, 0.2) is 0 Å². The molecule has 0 spiro atoms. The summed E-state index contributed by atoms with van der Waals surface area (Å²) in [6, 6.07) is 0. The fraction of sp³-hybridized carbons (Fsp3) is 0.778. The summed E-state index contributed by atoms with van der Waals surface area (Å²) in [5.41, 5.74) is 4.96. The van der Waals surface area contributed by atoms with Crippen LogP contribution in [0, 0.1) is 11.3 Å². The van der Waals surface area contributed by atoms with E-state index in [4.69, 9.17) is 18.0 Å². The van der Waals surface area contributed by atoms with Crippen LogP contribution in [0.3, 0.4) is 0 Å². The molecule has 2 nitrogen and oxygen atoms in total. The van der Waals surface area contributed by atoms with Gasteiger partial charge in [0.05, 0.1) is 5.92 Å². The molecule has 0 saturated heterocycles. The first-order valence-electron chi connectivity index (χ1n) is 4.19. The van der Waals surface area contributed by atoms with Gasteiger partial charge in [-0.3, -0.25) is 4.79 Å². The highest BCUT2D eigenvalue weighted by Gasteiger charge is 2.37. The van der Waals surface area contributed by atoms with Gasteiger partial charge >= 0.3 is 0 Å². The Morgan fingerprint density at radius 2 is 1.92 bits per heavy atom. The summed E-state index contributed by atoms with van der Waals surface area (Å²) in [5, 5.41) is -0.0783. The molecule has 0 bridgehead atoms. The van der Waals surface area contributed by atoms with Crippen LogP contribution in [0.5, 0.6) is 0 Å². The summed E-state index contributed by atoms with van der Waals surface area (Å²) in [4.78, 5) is 12.0. The predicted octanol–water partition coefficient (Wildman–Crippen LogP) is 1.82. The average Bonchev–Trinajstić information content (AvgIpc) is 1.82. The van der Waals surface area contributed by atoms with Crippen molar-refractivity contribution in [1.29, 1.82) is 0 Å². The summed E-state index contributed by atoms with van der Waals surface area (Å²) >= 11 is 9.36. The zero-order valence-electron chi connectivity index (χ0n) is 8.50. The molecule has 0 aromatic rings. The van der Waals surface area contributed by atoms with E-state index in [9.17, 15) is 4.79 Å². The summed E-state index contributed by atoms with van der Waals surface area (Å²) in [5.74, 6) is -0.648. The Bertz CT molecular complexity index is 224. The molecule has 0 aliphatic rings. The Kier molecular flexibility index (Phi) is 4.39. The summed E-state index contributed by atoms with van der Waals surface area (Å²) < 4.78 is 0. The van der Waals surface area contributed by atoms with Crippen LogP contribution in [-0.4, -0.2) is 16.0 Å². The fourth-order valence-corrected chi connectivity index (χ4v) is 2.06. The Balaban J connectivity index is 4.94. The van der Waals surface area contributed by atoms with E-state index in [2.05, 4.69) is 12.6 Å². The predicted molar refractivity (Wildman–Crippen MR) is 63.2 cm³/mol. The summed E-state index contributed by atoms with van der Waals surface area (Å²) in [6.07, 6.45) is 0. The third-order valence-electron chi connectivity index (χ3n) is 2.47. The minimum Gasteiger partial charge on any atom is -0.369 e. The Labute approximate surface area is 90.7 Å². The number of primary amides is 1. The van der Waals surface area contributed by atoms with Crippen LogP contribution >= 0.6 is 24.8 Å². The molecule has 2 atom stereocenters. The molecular formula is C9H17NOS2. The van der Waals surface area contributed by atoms with Crippen molar-refractivity contribution < 1.29 is 4.79 Å². The monoisotopic (exact) mass is 219 g/mol. The molecule has 0 aromatic carbocycles. The summed E-state index contributed by atoms with van der Waals surface area (Å²) in [7, 11) is 0. The molecule has 0 aromatic heterocycles. The molecule has 2 unspecified atom stereocenters. The lowest BCUT2D eigenvalue weighted by Gasteiger charge is -2.33. The molecule has 0 heterocycles. The van der Waals surface area contributed by atoms with Crippen molar-refractivity contribution in [2.24, 2.45) is 17.1 Å². The van der Waals surface area contributed by atoms with Gasteiger partial charge in [0, 0.05) is 10.7 Å². The smallest absolute Gasteiger partial charge is 0.222 e. The van der Waals surface area contributed by atoms with Gasteiger partial charge in [-0.25, -0.2) is 0 Å². The maximum absolute atomic E-state index is 11.2. The molecule has 76 valence electrons. The van der Waals surface area contributed by atoms with Gasteiger partial charge in [-0.05, 0) is 11.8 Å². The lowest BCUT2D eigenvalue weighted by molar-refractivity contribution is -0.123. The van der Waals surface area contributed by atoms with E-state index in [0.717, 1.165) is 4.86 Å². The Morgan fingerprint density at radius 3 is 2.00 bits per heavy atom. The van der Waals surface area contributed by atoms with E-state index >= 15 is 0 Å². The molecule has 2 N–H and O–H groups in total. The average molecular weight is 219 g/mol. The summed E-state index contributed by atoms with van der Waals surface area (Å²) in [6.45, 7) is 7.55. The van der Waals surface area contributed by atoms with Gasteiger partial charge in [-0.2, -0.15) is 12.6 Å². The maximum atomic E-state index is 11.2. The number of carbonyl (C=O) groups excluding carboxylic acids is 1. The second kappa shape index (κ2) is 4.42. The minimum atomic E-state index is -0.359. The third kappa shape index (κ3) is 2.95. The fourth-order valence-electron chi connectivity index (χ4n) is 1.42. The standard InChI is InChI=1S/C9H17NOS2/c1-5(12)7(8(10)11)9(3,4)6(2)13/h5,7,12H,1-4H3,(H2,10,11). The van der Waals surface area contributed by atoms with Gasteiger partial charge in [-0.1, -0.05) is 33.0 Å². The molecule has 4 heteroatoms. The van der Waals surface area contributed by atoms with Crippen LogP contribution in [0.15, 0.2) is 0 Å². The molecule has 0 radical (unpaired) electrons. The SMILES string of the molecule is CC(=S)C(C)(C)C(C(N)=O)C(C)S. The first-order valence-corrected chi connectivity index (χ1v) is 5.12. The molecule has 0 fully saturated rings. The molecule has 0 aliphatic heterocycles. The highest BCUT2D eigenvalue weighted by molar-refractivity contribution is 7.81. The van der Waals surface area contributed by atoms with Gasteiger partial charge < -0.3 is 5.73 Å². The van der Waals surface area contributed by atoms with Crippen LogP contribution in [0.25, 0.3) is 0 Å². The first-order chi connectivity index (χ1) is 5.71. The van der Waals surface area contributed by atoms with E-state index in [1.54, 1.807) is 0 Å². The number of thiol groups is 1. The van der Waals surface area contributed by atoms with Gasteiger partial charge in [-0.15, -0.1) is 0 Å². The highest BCUT2D eigenvalue weighted by Crippen LogP contribution is 2.33. The van der Waals surface area contributed by atoms with Gasteiger partial charge in [0.2, 0.25) is 5.91 Å². The lowest BCUT2D eigenvalue weighted by Crippen LogP contribution is -2.43. The van der Waals surface area contributed by atoms with Crippen molar-refractivity contribution in [2.45, 2.75) is 32.9 Å². The zero-order valence-corrected chi connectivity index (χ0v) is 10.2. The third-order valence-corrected chi connectivity index (χ3v) is 3.30. The number of nitrogens with two attached hydrogens (primary N) is 1. The number of amides is 1. The molecule has 0 saturated carbocycles. The van der Waals surface area contributed by atoms with Crippen molar-refractivity contribution in [3.63, 3.8) is 0 Å². The normalized spacial score (nSPS) is 16.4. The number of carbonyl (C=O) groups is 1. The molecule has 1 amide bonds. The number of hydrogen-bond acceptors (Lipinski definition) is 3. The van der Waals surface area contributed by atoms with E-state index in [0.29, 0.717) is 0 Å². The number of rotatable bonds is 4. The van der Waals surface area contributed by atoms with Gasteiger partial charge in [0.25, 0.3) is 0 Å². The highest BCUT2D eigenvalue weighted by atomic mass is 32.1. The van der Waals surface area contributed by atoms with Crippen molar-refractivity contribution in [3.05, 3.63) is 0 Å². The maximum Gasteiger partial charge on any atom is 0.222 e. The Hall–Kier alpha value is -0.0900. The zero-order chi connectivity index (χ0) is 10.8. The van der Waals surface area contributed by atoms with E-state index in [-0.39, 0.29) is 22.5 Å². The van der Waals surface area contributed by atoms with Crippen LogP contribution in [-0.2, 0) is 4.79 Å². The minimum absolute atomic E-state index is 0.0783. The largest absolute Gasteiger partial charge is 0.369 e. The quantitative estimate of drug-likeness (QED) is 0.559. The van der Waals surface area contributed by atoms with Gasteiger partial charge in [0.1, 0.15) is 0 Å². The van der Waals surface area contributed by atoms with E-state index in [1.807, 2.05) is 27.7 Å². The molecule has 0 rings (SSSR count). The Morgan fingerprint density at radius 1 is 1.54 bits per heavy atom. The van der Waals surface area contributed by atoms with E-state index in [1.165, 1.54) is 0 Å². The lowest BCUT2D eigenvalue weighted by atomic mass is 9.74. The molecule has 13 heavy (non-hydrogen) atoms.